The van der Waals surface area contributed by atoms with Crippen LogP contribution in [0.1, 0.15) is 90.4 Å². The summed E-state index contributed by atoms with van der Waals surface area (Å²) in [5.74, 6) is 0. The van der Waals surface area contributed by atoms with Gasteiger partial charge in [0.05, 0.1) is 6.61 Å². The molecule has 1 N–H and O–H groups in total. The average Bonchev–Trinajstić information content (AvgIpc) is 2.56. The second-order valence-corrected chi connectivity index (χ2v) is 6.80. The second kappa shape index (κ2) is 19.9. The van der Waals surface area contributed by atoms with Crippen LogP contribution in [-0.2, 0) is 4.74 Å². The predicted octanol–water partition coefficient (Wildman–Crippen LogP) is 5.02. The van der Waals surface area contributed by atoms with Crippen molar-refractivity contribution in [2.75, 3.05) is 40.0 Å². The van der Waals surface area contributed by atoms with Crippen LogP contribution < -0.4 is 0 Å². The first-order chi connectivity index (χ1) is 11.3. The van der Waals surface area contributed by atoms with E-state index >= 15 is 0 Å². The molecular formula is C20H43NO2. The summed E-state index contributed by atoms with van der Waals surface area (Å²) in [7, 11) is 1.78. The highest BCUT2D eigenvalue weighted by Gasteiger charge is 2.03. The number of nitrogens with zero attached hydrogens (tertiary/aromatic N) is 1. The van der Waals surface area contributed by atoms with E-state index in [0.717, 1.165) is 19.7 Å². The highest BCUT2D eigenvalue weighted by atomic mass is 16.5. The van der Waals surface area contributed by atoms with Crippen molar-refractivity contribution >= 4 is 0 Å². The third-order valence-electron chi connectivity index (χ3n) is 4.57. The maximum Gasteiger partial charge on any atom is 0.0558 e. The molecule has 3 heteroatoms. The Morgan fingerprint density at radius 2 is 1.13 bits per heavy atom. The molecule has 0 spiro atoms. The third kappa shape index (κ3) is 18.1. The Morgan fingerprint density at radius 1 is 0.652 bits per heavy atom. The lowest BCUT2D eigenvalue weighted by molar-refractivity contribution is 0.188. The van der Waals surface area contributed by atoms with Gasteiger partial charge in [-0.05, 0) is 32.4 Å². The van der Waals surface area contributed by atoms with E-state index < -0.39 is 0 Å². The van der Waals surface area contributed by atoms with Gasteiger partial charge in [-0.25, -0.2) is 0 Å². The molecule has 0 aromatic heterocycles. The number of hydrogen-bond donors (Lipinski definition) is 1. The predicted molar refractivity (Wildman–Crippen MR) is 101 cm³/mol. The quantitative estimate of drug-likeness (QED) is 0.338. The Labute approximate surface area is 145 Å². The summed E-state index contributed by atoms with van der Waals surface area (Å²) < 4.78 is 5.07. The van der Waals surface area contributed by atoms with Crippen LogP contribution in [0.15, 0.2) is 0 Å². The summed E-state index contributed by atoms with van der Waals surface area (Å²) in [4.78, 5) is 2.46. The Morgan fingerprint density at radius 3 is 1.61 bits per heavy atom. The summed E-state index contributed by atoms with van der Waals surface area (Å²) in [5.41, 5.74) is 0. The molecule has 140 valence electrons. The van der Waals surface area contributed by atoms with Crippen molar-refractivity contribution < 1.29 is 9.84 Å². The van der Waals surface area contributed by atoms with Crippen LogP contribution in [0.4, 0.5) is 0 Å². The fourth-order valence-corrected chi connectivity index (χ4v) is 3.06. The molecule has 0 radical (unpaired) electrons. The summed E-state index contributed by atoms with van der Waals surface area (Å²) in [6.45, 7) is 6.66. The minimum Gasteiger partial charge on any atom is -0.395 e. The largest absolute Gasteiger partial charge is 0.395 e. The van der Waals surface area contributed by atoms with Crippen molar-refractivity contribution in [3.05, 3.63) is 0 Å². The fourth-order valence-electron chi connectivity index (χ4n) is 3.06. The van der Waals surface area contributed by atoms with E-state index in [1.807, 2.05) is 0 Å². The van der Waals surface area contributed by atoms with Gasteiger partial charge in [-0.3, -0.25) is 0 Å². The molecule has 0 aromatic rings. The topological polar surface area (TPSA) is 32.7 Å². The molecule has 0 atom stereocenters. The standard InChI is InChI=1S/C20H43NO2/c1-3-4-5-6-7-10-13-16-21(18-19-22)17-14-11-8-9-12-15-20-23-2/h22H,3-20H2,1-2H3. The molecule has 0 saturated carbocycles. The van der Waals surface area contributed by atoms with Crippen LogP contribution in [0.5, 0.6) is 0 Å². The zero-order valence-electron chi connectivity index (χ0n) is 16.0. The number of rotatable bonds is 19. The maximum absolute atomic E-state index is 9.21. The molecule has 23 heavy (non-hydrogen) atoms. The van der Waals surface area contributed by atoms with Gasteiger partial charge in [0.2, 0.25) is 0 Å². The molecule has 0 unspecified atom stereocenters. The Hall–Kier alpha value is -0.120. The van der Waals surface area contributed by atoms with Crippen molar-refractivity contribution in [1.29, 1.82) is 0 Å². The molecule has 0 heterocycles. The zero-order chi connectivity index (χ0) is 17.0. The SMILES string of the molecule is CCCCCCCCCN(CCO)CCCCCCCCOC. The van der Waals surface area contributed by atoms with Gasteiger partial charge >= 0.3 is 0 Å². The van der Waals surface area contributed by atoms with Crippen LogP contribution in [0, 0.1) is 0 Å². The molecule has 0 amide bonds. The fraction of sp³-hybridized carbons (Fsp3) is 1.00. The van der Waals surface area contributed by atoms with Gasteiger partial charge in [-0.2, -0.15) is 0 Å². The second-order valence-electron chi connectivity index (χ2n) is 6.80. The maximum atomic E-state index is 9.21. The highest BCUT2D eigenvalue weighted by molar-refractivity contribution is 4.59. The Balaban J connectivity index is 3.43. The van der Waals surface area contributed by atoms with E-state index in [0.29, 0.717) is 6.61 Å². The first-order valence-corrected chi connectivity index (χ1v) is 10.2. The first-order valence-electron chi connectivity index (χ1n) is 10.2. The van der Waals surface area contributed by atoms with Crippen molar-refractivity contribution in [2.24, 2.45) is 0 Å². The highest BCUT2D eigenvalue weighted by Crippen LogP contribution is 2.09. The number of aliphatic hydroxyl groups is 1. The summed E-state index contributed by atoms with van der Waals surface area (Å²) in [5, 5.41) is 9.21. The summed E-state index contributed by atoms with van der Waals surface area (Å²) >= 11 is 0. The lowest BCUT2D eigenvalue weighted by Gasteiger charge is -2.21. The van der Waals surface area contributed by atoms with E-state index in [9.17, 15) is 5.11 Å². The summed E-state index contributed by atoms with van der Waals surface area (Å²) in [6, 6.07) is 0. The van der Waals surface area contributed by atoms with Gasteiger partial charge in [0, 0.05) is 20.3 Å². The molecule has 0 aliphatic carbocycles. The molecule has 0 aliphatic rings. The lowest BCUT2D eigenvalue weighted by Crippen LogP contribution is -2.29. The van der Waals surface area contributed by atoms with Gasteiger partial charge in [0.1, 0.15) is 0 Å². The van der Waals surface area contributed by atoms with E-state index in [-0.39, 0.29) is 0 Å². The Bertz CT molecular complexity index is 212. The van der Waals surface area contributed by atoms with E-state index in [1.54, 1.807) is 7.11 Å². The van der Waals surface area contributed by atoms with Crippen molar-refractivity contribution in [1.82, 2.24) is 4.90 Å². The van der Waals surface area contributed by atoms with Crippen LogP contribution in [-0.4, -0.2) is 50.0 Å². The molecule has 0 bridgehead atoms. The summed E-state index contributed by atoms with van der Waals surface area (Å²) in [6.07, 6.45) is 17.3. The first kappa shape index (κ1) is 22.9. The number of unbranched alkanes of at least 4 members (excludes halogenated alkanes) is 11. The molecule has 0 saturated heterocycles. The van der Waals surface area contributed by atoms with Crippen molar-refractivity contribution in [3.8, 4) is 0 Å². The number of aliphatic hydroxyl groups excluding tert-OH is 1. The average molecular weight is 330 g/mol. The van der Waals surface area contributed by atoms with Gasteiger partial charge < -0.3 is 14.7 Å². The molecule has 0 fully saturated rings. The molecule has 0 aliphatic heterocycles. The smallest absolute Gasteiger partial charge is 0.0558 e. The van der Waals surface area contributed by atoms with Crippen LogP contribution >= 0.6 is 0 Å². The van der Waals surface area contributed by atoms with Gasteiger partial charge in [0.25, 0.3) is 0 Å². The molecule has 0 aromatic carbocycles. The normalized spacial score (nSPS) is 11.5. The van der Waals surface area contributed by atoms with E-state index in [1.165, 1.54) is 90.0 Å². The van der Waals surface area contributed by atoms with Gasteiger partial charge in [-0.15, -0.1) is 0 Å². The van der Waals surface area contributed by atoms with Crippen LogP contribution in [0.3, 0.4) is 0 Å². The van der Waals surface area contributed by atoms with Crippen molar-refractivity contribution in [2.45, 2.75) is 90.4 Å². The van der Waals surface area contributed by atoms with E-state index in [4.69, 9.17) is 4.74 Å². The zero-order valence-corrected chi connectivity index (χ0v) is 16.0. The number of hydrogen-bond acceptors (Lipinski definition) is 3. The minimum absolute atomic E-state index is 0.299. The lowest BCUT2D eigenvalue weighted by atomic mass is 10.1. The van der Waals surface area contributed by atoms with Gasteiger partial charge in [0.15, 0.2) is 0 Å². The van der Waals surface area contributed by atoms with E-state index in [2.05, 4.69) is 11.8 Å². The molecule has 0 rings (SSSR count). The monoisotopic (exact) mass is 329 g/mol. The third-order valence-corrected chi connectivity index (χ3v) is 4.57. The van der Waals surface area contributed by atoms with Crippen LogP contribution in [0.2, 0.25) is 0 Å². The van der Waals surface area contributed by atoms with Crippen molar-refractivity contribution in [3.63, 3.8) is 0 Å². The van der Waals surface area contributed by atoms with Gasteiger partial charge in [-0.1, -0.05) is 71.1 Å². The number of methoxy groups -OCH3 is 1. The molecular weight excluding hydrogens is 286 g/mol. The minimum atomic E-state index is 0.299. The number of ether oxygens (including phenoxy) is 1. The Kier molecular flexibility index (Phi) is 19.8. The van der Waals surface area contributed by atoms with Crippen LogP contribution in [0.25, 0.3) is 0 Å². The molecule has 3 nitrogen and oxygen atoms in total.